The van der Waals surface area contributed by atoms with Gasteiger partial charge in [-0.1, -0.05) is 42.6 Å². The summed E-state index contributed by atoms with van der Waals surface area (Å²) in [7, 11) is -4.19. The number of halogens is 1. The number of sulfonamides is 1. The van der Waals surface area contributed by atoms with Gasteiger partial charge in [0.2, 0.25) is 0 Å². The van der Waals surface area contributed by atoms with E-state index >= 15 is 0 Å². The summed E-state index contributed by atoms with van der Waals surface area (Å²) in [5, 5.41) is 18.0. The highest BCUT2D eigenvalue weighted by atomic mass is 35.5. The third-order valence-corrected chi connectivity index (χ3v) is 9.20. The van der Waals surface area contributed by atoms with Gasteiger partial charge in [0.1, 0.15) is 20.5 Å². The van der Waals surface area contributed by atoms with Gasteiger partial charge < -0.3 is 14.9 Å². The lowest BCUT2D eigenvalue weighted by Crippen LogP contribution is -2.20. The molecule has 0 aliphatic heterocycles. The molecule has 11 heteroatoms. The summed E-state index contributed by atoms with van der Waals surface area (Å²) in [6.45, 7) is 9.26. The highest BCUT2D eigenvalue weighted by Crippen LogP contribution is 2.34. The van der Waals surface area contributed by atoms with Gasteiger partial charge >= 0.3 is 0 Å². The maximum atomic E-state index is 13.5. The maximum Gasteiger partial charge on any atom is 0.267 e. The Labute approximate surface area is 221 Å². The molecular weight excluding hydrogens is 522 g/mol. The van der Waals surface area contributed by atoms with E-state index in [1.54, 1.807) is 19.2 Å². The molecule has 0 unspecified atom stereocenters. The van der Waals surface area contributed by atoms with Crippen LogP contribution in [0.15, 0.2) is 20.9 Å². The fourth-order valence-electron chi connectivity index (χ4n) is 4.26. The Morgan fingerprint density at radius 1 is 1.11 bits per heavy atom. The Bertz CT molecular complexity index is 1360. The van der Waals surface area contributed by atoms with Crippen LogP contribution in [0, 0.1) is 27.7 Å². The van der Waals surface area contributed by atoms with Crippen LogP contribution in [0.3, 0.4) is 0 Å². The van der Waals surface area contributed by atoms with Gasteiger partial charge in [-0.2, -0.15) is 0 Å². The van der Waals surface area contributed by atoms with Gasteiger partial charge in [-0.05, 0) is 80.2 Å². The number of benzene rings is 1. The molecule has 0 saturated carbocycles. The molecule has 0 spiro atoms. The van der Waals surface area contributed by atoms with Crippen LogP contribution in [-0.2, 0) is 22.9 Å². The third kappa shape index (κ3) is 5.94. The normalized spacial score (nSPS) is 11.6. The lowest BCUT2D eigenvalue weighted by molar-refractivity contribution is 0.102. The number of aliphatic hydroxyl groups is 1. The number of nitrogens with one attached hydrogen (secondary N) is 2. The van der Waals surface area contributed by atoms with Gasteiger partial charge in [-0.25, -0.2) is 13.1 Å². The molecule has 0 fully saturated rings. The topological polar surface area (TPSA) is 122 Å². The molecule has 8 nitrogen and oxygen atoms in total. The lowest BCUT2D eigenvalue weighted by Gasteiger charge is -2.20. The average Bonchev–Trinajstić information content (AvgIpc) is 3.36. The van der Waals surface area contributed by atoms with E-state index in [0.29, 0.717) is 23.4 Å². The van der Waals surface area contributed by atoms with Gasteiger partial charge in [0.15, 0.2) is 0 Å². The number of carbonyl (C=O) groups is 1. The van der Waals surface area contributed by atoms with Gasteiger partial charge in [0, 0.05) is 12.3 Å². The number of anilines is 2. The zero-order valence-electron chi connectivity index (χ0n) is 21.1. The minimum absolute atomic E-state index is 0.0000834. The maximum absolute atomic E-state index is 13.5. The Hall–Kier alpha value is -2.40. The van der Waals surface area contributed by atoms with Crippen LogP contribution in [-0.4, -0.2) is 31.2 Å². The quantitative estimate of drug-likeness (QED) is 0.252. The highest BCUT2D eigenvalue weighted by molar-refractivity contribution is 7.93. The van der Waals surface area contributed by atoms with Crippen molar-refractivity contribution < 1.29 is 22.8 Å². The zero-order valence-corrected chi connectivity index (χ0v) is 23.5. The van der Waals surface area contributed by atoms with Crippen molar-refractivity contribution in [1.29, 1.82) is 0 Å². The molecule has 36 heavy (non-hydrogen) atoms. The van der Waals surface area contributed by atoms with Crippen molar-refractivity contribution in [3.63, 3.8) is 0 Å². The number of nitrogens with zero attached hydrogens (tertiary/aromatic N) is 1. The second kappa shape index (κ2) is 11.8. The Kier molecular flexibility index (Phi) is 9.21. The monoisotopic (exact) mass is 553 g/mol. The predicted octanol–water partition coefficient (Wildman–Crippen LogP) is 5.94. The molecule has 2 heterocycles. The van der Waals surface area contributed by atoms with Gasteiger partial charge in [0.05, 0.1) is 0 Å². The van der Waals surface area contributed by atoms with Gasteiger partial charge in [0.25, 0.3) is 21.8 Å². The Morgan fingerprint density at radius 3 is 2.44 bits per heavy atom. The van der Waals surface area contributed by atoms with E-state index in [0.717, 1.165) is 59.3 Å². The first-order valence-corrected chi connectivity index (χ1v) is 14.5. The van der Waals surface area contributed by atoms with E-state index in [2.05, 4.69) is 22.1 Å². The molecule has 0 saturated heterocycles. The molecule has 3 aromatic rings. The Balaban J connectivity index is 2.01. The smallest absolute Gasteiger partial charge is 0.267 e. The van der Waals surface area contributed by atoms with Crippen molar-refractivity contribution in [2.75, 3.05) is 16.6 Å². The van der Waals surface area contributed by atoms with Crippen LogP contribution in [0.1, 0.15) is 69.4 Å². The predicted molar refractivity (Wildman–Crippen MR) is 144 cm³/mol. The minimum atomic E-state index is -4.19. The van der Waals surface area contributed by atoms with Crippen LogP contribution in [0.5, 0.6) is 0 Å². The van der Waals surface area contributed by atoms with Crippen molar-refractivity contribution in [3.05, 3.63) is 54.9 Å². The second-order valence-corrected chi connectivity index (χ2v) is 11.7. The molecule has 0 aliphatic rings. The number of aryl methyl sites for hydroxylation is 4. The molecule has 3 rings (SSSR count). The summed E-state index contributed by atoms with van der Waals surface area (Å²) < 4.78 is 33.8. The van der Waals surface area contributed by atoms with Crippen LogP contribution in [0.25, 0.3) is 0 Å². The van der Waals surface area contributed by atoms with Gasteiger partial charge in [-0.3, -0.25) is 4.79 Å². The number of hydrogen-bond donors (Lipinski definition) is 3. The van der Waals surface area contributed by atoms with E-state index in [1.165, 1.54) is 0 Å². The highest BCUT2D eigenvalue weighted by Gasteiger charge is 2.30. The molecule has 2 aromatic heterocycles. The van der Waals surface area contributed by atoms with Crippen LogP contribution in [0.4, 0.5) is 11.6 Å². The largest absolute Gasteiger partial charge is 0.396 e. The third-order valence-electron chi connectivity index (χ3n) is 6.01. The number of unbranched alkanes of at least 4 members (excludes halogenated alkanes) is 2. The molecule has 0 atom stereocenters. The first kappa shape index (κ1) is 28.2. The van der Waals surface area contributed by atoms with E-state index in [-0.39, 0.29) is 27.3 Å². The first-order valence-electron chi connectivity index (χ1n) is 11.8. The summed E-state index contributed by atoms with van der Waals surface area (Å²) in [6.07, 6.45) is 4.27. The lowest BCUT2D eigenvalue weighted by atomic mass is 9.91. The number of thiophene rings is 1. The van der Waals surface area contributed by atoms with Crippen LogP contribution >= 0.6 is 22.9 Å². The summed E-state index contributed by atoms with van der Waals surface area (Å²) in [5.74, 6) is -0.723. The summed E-state index contributed by atoms with van der Waals surface area (Å²) in [4.78, 5) is 13.4. The number of amides is 1. The van der Waals surface area contributed by atoms with Crippen molar-refractivity contribution in [3.8, 4) is 0 Å². The summed E-state index contributed by atoms with van der Waals surface area (Å²) >= 11 is 7.14. The van der Waals surface area contributed by atoms with Crippen molar-refractivity contribution in [2.24, 2.45) is 0 Å². The number of aromatic nitrogens is 1. The van der Waals surface area contributed by atoms with Crippen molar-refractivity contribution >= 4 is 50.4 Å². The Morgan fingerprint density at radius 2 is 1.83 bits per heavy atom. The molecule has 196 valence electrons. The first-order chi connectivity index (χ1) is 17.0. The van der Waals surface area contributed by atoms with Crippen LogP contribution in [0.2, 0.25) is 5.02 Å². The zero-order chi connectivity index (χ0) is 26.6. The van der Waals surface area contributed by atoms with Gasteiger partial charge in [-0.15, -0.1) is 11.3 Å². The molecule has 0 aliphatic carbocycles. The summed E-state index contributed by atoms with van der Waals surface area (Å²) in [5.41, 5.74) is 5.39. The standard InChI is InChI=1S/C25H32ClN3O5S2/c1-6-7-8-9-19-18(10-11-30)14(2)12-15(3)21(19)27-24(31)22-23(16(4)13-35-22)36(32,33)29-25-20(26)17(5)28-34-25/h12-13,29-30H,6-11H2,1-5H3,(H,27,31). The molecule has 3 N–H and O–H groups in total. The molecule has 0 radical (unpaired) electrons. The van der Waals surface area contributed by atoms with E-state index in [1.807, 2.05) is 19.9 Å². The fourth-order valence-corrected chi connectivity index (χ4v) is 7.13. The second-order valence-electron chi connectivity index (χ2n) is 8.82. The summed E-state index contributed by atoms with van der Waals surface area (Å²) in [6, 6.07) is 1.98. The molecule has 1 amide bonds. The van der Waals surface area contributed by atoms with Crippen molar-refractivity contribution in [2.45, 2.75) is 71.6 Å². The van der Waals surface area contributed by atoms with E-state index in [4.69, 9.17) is 16.1 Å². The molecule has 1 aromatic carbocycles. The number of rotatable bonds is 11. The number of hydrogen-bond acceptors (Lipinski definition) is 7. The number of aliphatic hydroxyl groups excluding tert-OH is 1. The fraction of sp³-hybridized carbons (Fsp3) is 0.440. The SMILES string of the molecule is CCCCCc1c(CCO)c(C)cc(C)c1NC(=O)c1scc(C)c1S(=O)(=O)Nc1onc(C)c1Cl. The van der Waals surface area contributed by atoms with E-state index in [9.17, 15) is 18.3 Å². The minimum Gasteiger partial charge on any atom is -0.396 e. The number of carbonyl (C=O) groups excluding carboxylic acids is 1. The van der Waals surface area contributed by atoms with Crippen molar-refractivity contribution in [1.82, 2.24) is 5.16 Å². The molecule has 0 bridgehead atoms. The molecular formula is C25H32ClN3O5S2. The van der Waals surface area contributed by atoms with E-state index < -0.39 is 15.9 Å². The van der Waals surface area contributed by atoms with Crippen LogP contribution < -0.4 is 10.0 Å². The average molecular weight is 554 g/mol.